The van der Waals surface area contributed by atoms with Gasteiger partial charge in [-0.15, -0.1) is 0 Å². The molecule has 0 amide bonds. The van der Waals surface area contributed by atoms with E-state index in [4.69, 9.17) is 4.74 Å². The second-order valence-corrected chi connectivity index (χ2v) is 5.09. The van der Waals surface area contributed by atoms with Crippen molar-refractivity contribution in [2.45, 2.75) is 33.2 Å². The van der Waals surface area contributed by atoms with Crippen LogP contribution in [0.5, 0.6) is 5.75 Å². The van der Waals surface area contributed by atoms with Crippen molar-refractivity contribution < 1.29 is 4.74 Å². The van der Waals surface area contributed by atoms with Gasteiger partial charge >= 0.3 is 0 Å². The average Bonchev–Trinajstić information content (AvgIpc) is 2.54. The van der Waals surface area contributed by atoms with E-state index < -0.39 is 0 Å². The summed E-state index contributed by atoms with van der Waals surface area (Å²) in [5, 5.41) is 3.56. The SMILES string of the molecule is CCNC(c1ccc(CC)cc1)c1ccc(OCC)cc1. The predicted octanol–water partition coefficient (Wildman–Crippen LogP) is 4.35. The van der Waals surface area contributed by atoms with Crippen molar-refractivity contribution in [3.05, 3.63) is 65.2 Å². The number of nitrogens with one attached hydrogen (secondary N) is 1. The highest BCUT2D eigenvalue weighted by molar-refractivity contribution is 5.36. The Kier molecular flexibility index (Phi) is 5.82. The molecule has 0 aliphatic heterocycles. The van der Waals surface area contributed by atoms with Crippen LogP contribution in [0.15, 0.2) is 48.5 Å². The molecule has 0 radical (unpaired) electrons. The number of hydrogen-bond acceptors (Lipinski definition) is 2. The molecule has 1 unspecified atom stereocenters. The fraction of sp³-hybridized carbons (Fsp3) is 0.368. The lowest BCUT2D eigenvalue weighted by Crippen LogP contribution is -2.21. The van der Waals surface area contributed by atoms with Crippen molar-refractivity contribution in [1.29, 1.82) is 0 Å². The number of rotatable bonds is 7. The first kappa shape index (κ1) is 15.6. The molecule has 2 aromatic rings. The molecule has 2 nitrogen and oxygen atoms in total. The zero-order valence-corrected chi connectivity index (χ0v) is 13.2. The second kappa shape index (κ2) is 7.84. The van der Waals surface area contributed by atoms with Crippen LogP contribution in [-0.4, -0.2) is 13.2 Å². The number of aryl methyl sites for hydroxylation is 1. The van der Waals surface area contributed by atoms with Crippen molar-refractivity contribution in [2.75, 3.05) is 13.2 Å². The predicted molar refractivity (Wildman–Crippen MR) is 89.0 cm³/mol. The van der Waals surface area contributed by atoms with E-state index in [0.717, 1.165) is 18.7 Å². The topological polar surface area (TPSA) is 21.3 Å². The maximum Gasteiger partial charge on any atom is 0.119 e. The van der Waals surface area contributed by atoms with Crippen LogP contribution >= 0.6 is 0 Å². The molecule has 0 bridgehead atoms. The summed E-state index contributed by atoms with van der Waals surface area (Å²) in [6.45, 7) is 7.97. The molecule has 2 heteroatoms. The minimum atomic E-state index is 0.233. The highest BCUT2D eigenvalue weighted by Crippen LogP contribution is 2.24. The van der Waals surface area contributed by atoms with E-state index in [1.54, 1.807) is 0 Å². The lowest BCUT2D eigenvalue weighted by Gasteiger charge is -2.19. The van der Waals surface area contributed by atoms with E-state index in [0.29, 0.717) is 6.61 Å². The Labute approximate surface area is 128 Å². The molecular formula is C19H25NO. The van der Waals surface area contributed by atoms with Gasteiger partial charge in [0.1, 0.15) is 5.75 Å². The van der Waals surface area contributed by atoms with Gasteiger partial charge in [0.2, 0.25) is 0 Å². The van der Waals surface area contributed by atoms with Crippen LogP contribution in [0.4, 0.5) is 0 Å². The van der Waals surface area contributed by atoms with Gasteiger partial charge in [-0.25, -0.2) is 0 Å². The molecule has 0 aliphatic carbocycles. The summed E-state index contributed by atoms with van der Waals surface area (Å²) < 4.78 is 5.52. The second-order valence-electron chi connectivity index (χ2n) is 5.09. The zero-order valence-electron chi connectivity index (χ0n) is 13.2. The summed E-state index contributed by atoms with van der Waals surface area (Å²) in [6.07, 6.45) is 1.08. The lowest BCUT2D eigenvalue weighted by molar-refractivity contribution is 0.340. The first-order valence-corrected chi connectivity index (χ1v) is 7.83. The summed E-state index contributed by atoms with van der Waals surface area (Å²) in [7, 11) is 0. The molecule has 112 valence electrons. The van der Waals surface area contributed by atoms with E-state index in [1.165, 1.54) is 16.7 Å². The standard InChI is InChI=1S/C19H25NO/c1-4-15-7-9-16(10-8-15)19(20-5-2)17-11-13-18(14-12-17)21-6-3/h7-14,19-20H,4-6H2,1-3H3. The summed E-state index contributed by atoms with van der Waals surface area (Å²) in [6, 6.07) is 17.5. The Morgan fingerprint density at radius 1 is 0.857 bits per heavy atom. The Morgan fingerprint density at radius 3 is 1.90 bits per heavy atom. The fourth-order valence-electron chi connectivity index (χ4n) is 2.50. The molecule has 0 saturated carbocycles. The third kappa shape index (κ3) is 4.08. The number of benzene rings is 2. The minimum Gasteiger partial charge on any atom is -0.494 e. The van der Waals surface area contributed by atoms with Gasteiger partial charge in [0, 0.05) is 0 Å². The fourth-order valence-corrected chi connectivity index (χ4v) is 2.50. The third-order valence-corrected chi connectivity index (χ3v) is 3.65. The molecule has 0 heterocycles. The van der Waals surface area contributed by atoms with E-state index in [2.05, 4.69) is 55.6 Å². The molecule has 1 atom stereocenters. The van der Waals surface area contributed by atoms with Gasteiger partial charge in [0.15, 0.2) is 0 Å². The van der Waals surface area contributed by atoms with Gasteiger partial charge in [0.05, 0.1) is 12.6 Å². The van der Waals surface area contributed by atoms with Crippen LogP contribution in [0.25, 0.3) is 0 Å². The summed E-state index contributed by atoms with van der Waals surface area (Å²) in [5.41, 5.74) is 3.95. The Bertz CT molecular complexity index is 530. The van der Waals surface area contributed by atoms with Crippen LogP contribution in [0, 0.1) is 0 Å². The summed E-state index contributed by atoms with van der Waals surface area (Å²) in [4.78, 5) is 0. The average molecular weight is 283 g/mol. The molecule has 0 aromatic heterocycles. The molecule has 2 aromatic carbocycles. The van der Waals surface area contributed by atoms with Crippen LogP contribution in [0.1, 0.15) is 43.5 Å². The van der Waals surface area contributed by atoms with Gasteiger partial charge in [-0.1, -0.05) is 50.2 Å². The molecule has 1 N–H and O–H groups in total. The van der Waals surface area contributed by atoms with Gasteiger partial charge < -0.3 is 10.1 Å². The Morgan fingerprint density at radius 2 is 1.43 bits per heavy atom. The lowest BCUT2D eigenvalue weighted by atomic mass is 9.97. The summed E-state index contributed by atoms with van der Waals surface area (Å²) >= 11 is 0. The van der Waals surface area contributed by atoms with Gasteiger partial charge in [0.25, 0.3) is 0 Å². The molecule has 0 saturated heterocycles. The van der Waals surface area contributed by atoms with Crippen LogP contribution in [0.2, 0.25) is 0 Å². The normalized spacial score (nSPS) is 12.1. The number of ether oxygens (including phenoxy) is 1. The maximum absolute atomic E-state index is 5.52. The maximum atomic E-state index is 5.52. The largest absolute Gasteiger partial charge is 0.494 e. The molecule has 0 aliphatic rings. The van der Waals surface area contributed by atoms with Crippen molar-refractivity contribution in [2.24, 2.45) is 0 Å². The van der Waals surface area contributed by atoms with Crippen molar-refractivity contribution in [1.82, 2.24) is 5.32 Å². The van der Waals surface area contributed by atoms with Gasteiger partial charge in [-0.05, 0) is 48.7 Å². The van der Waals surface area contributed by atoms with E-state index in [9.17, 15) is 0 Å². The van der Waals surface area contributed by atoms with E-state index in [1.807, 2.05) is 19.1 Å². The first-order valence-electron chi connectivity index (χ1n) is 7.83. The highest BCUT2D eigenvalue weighted by Gasteiger charge is 2.12. The quantitative estimate of drug-likeness (QED) is 0.816. The minimum absolute atomic E-state index is 0.233. The van der Waals surface area contributed by atoms with Crippen molar-refractivity contribution in [3.63, 3.8) is 0 Å². The highest BCUT2D eigenvalue weighted by atomic mass is 16.5. The van der Waals surface area contributed by atoms with E-state index >= 15 is 0 Å². The van der Waals surface area contributed by atoms with Crippen LogP contribution in [0.3, 0.4) is 0 Å². The van der Waals surface area contributed by atoms with Crippen LogP contribution in [-0.2, 0) is 6.42 Å². The van der Waals surface area contributed by atoms with E-state index in [-0.39, 0.29) is 6.04 Å². The number of hydrogen-bond donors (Lipinski definition) is 1. The van der Waals surface area contributed by atoms with Crippen molar-refractivity contribution in [3.8, 4) is 5.75 Å². The molecular weight excluding hydrogens is 258 g/mol. The van der Waals surface area contributed by atoms with Crippen LogP contribution < -0.4 is 10.1 Å². The zero-order chi connectivity index (χ0) is 15.1. The molecule has 0 fully saturated rings. The molecule has 21 heavy (non-hydrogen) atoms. The summed E-state index contributed by atoms with van der Waals surface area (Å²) in [5.74, 6) is 0.929. The van der Waals surface area contributed by atoms with Gasteiger partial charge in [-0.3, -0.25) is 0 Å². The van der Waals surface area contributed by atoms with Crippen molar-refractivity contribution >= 4 is 0 Å². The smallest absolute Gasteiger partial charge is 0.119 e. The Hall–Kier alpha value is -1.80. The first-order chi connectivity index (χ1) is 10.3. The molecule has 2 rings (SSSR count). The Balaban J connectivity index is 2.24. The third-order valence-electron chi connectivity index (χ3n) is 3.65. The van der Waals surface area contributed by atoms with Gasteiger partial charge in [-0.2, -0.15) is 0 Å². The monoisotopic (exact) mass is 283 g/mol. The molecule has 0 spiro atoms.